The second-order valence-corrected chi connectivity index (χ2v) is 6.78. The smallest absolute Gasteiger partial charge is 0.351 e. The number of carboxylic acids is 1. The van der Waals surface area contributed by atoms with Crippen molar-refractivity contribution in [1.82, 2.24) is 0 Å². The van der Waals surface area contributed by atoms with Crippen LogP contribution in [0.1, 0.15) is 6.42 Å². The molecular weight excluding hydrogens is 254 g/mol. The standard InChI is InChI=1S/C4H8O9P2/c5-2-4(1-3(6)7,14(8,9)10)15(11,12)13/h2H,1H2,(H,6,7)(H2,8,9,10)(H2,11,12,13). The minimum atomic E-state index is -5.59. The third-order valence-corrected chi connectivity index (χ3v) is 5.72. The summed E-state index contributed by atoms with van der Waals surface area (Å²) in [6.07, 6.45) is -2.35. The fraction of sp³-hybridized carbons (Fsp3) is 0.500. The fourth-order valence-corrected chi connectivity index (χ4v) is 3.09. The molecule has 5 N–H and O–H groups in total. The largest absolute Gasteiger partial charge is 0.481 e. The van der Waals surface area contributed by atoms with E-state index in [0.29, 0.717) is 0 Å². The van der Waals surface area contributed by atoms with Gasteiger partial charge in [-0.05, 0) is 0 Å². The minimum Gasteiger partial charge on any atom is -0.481 e. The van der Waals surface area contributed by atoms with Gasteiger partial charge in [0.2, 0.25) is 4.90 Å². The van der Waals surface area contributed by atoms with E-state index in [1.54, 1.807) is 0 Å². The van der Waals surface area contributed by atoms with Gasteiger partial charge in [0.15, 0.2) is 6.29 Å². The van der Waals surface area contributed by atoms with Crippen molar-refractivity contribution in [1.29, 1.82) is 0 Å². The molecule has 15 heavy (non-hydrogen) atoms. The molecule has 88 valence electrons. The summed E-state index contributed by atoms with van der Waals surface area (Å²) in [5.74, 6) is -1.91. The first-order valence-corrected chi connectivity index (χ1v) is 6.50. The lowest BCUT2D eigenvalue weighted by atomic mass is 10.3. The molecule has 9 nitrogen and oxygen atoms in total. The van der Waals surface area contributed by atoms with E-state index in [-0.39, 0.29) is 0 Å². The van der Waals surface area contributed by atoms with Crippen molar-refractivity contribution in [2.75, 3.05) is 0 Å². The molecule has 0 saturated heterocycles. The van der Waals surface area contributed by atoms with E-state index in [1.165, 1.54) is 0 Å². The third-order valence-electron chi connectivity index (χ3n) is 1.61. The zero-order chi connectivity index (χ0) is 12.5. The Hall–Kier alpha value is -0.560. The summed E-state index contributed by atoms with van der Waals surface area (Å²) in [4.78, 5) is 51.7. The summed E-state index contributed by atoms with van der Waals surface area (Å²) in [6, 6.07) is 0. The zero-order valence-electron chi connectivity index (χ0n) is 7.05. The lowest BCUT2D eigenvalue weighted by Gasteiger charge is -2.27. The lowest BCUT2D eigenvalue weighted by Crippen LogP contribution is -2.33. The lowest BCUT2D eigenvalue weighted by molar-refractivity contribution is -0.138. The van der Waals surface area contributed by atoms with Crippen LogP contribution in [0.5, 0.6) is 0 Å². The van der Waals surface area contributed by atoms with Crippen LogP contribution in [0.2, 0.25) is 0 Å². The molecule has 0 unspecified atom stereocenters. The van der Waals surface area contributed by atoms with E-state index < -0.39 is 38.8 Å². The Morgan fingerprint density at radius 1 is 1.13 bits per heavy atom. The van der Waals surface area contributed by atoms with Crippen molar-refractivity contribution in [2.45, 2.75) is 11.3 Å². The Bertz CT molecular complexity index is 338. The number of carbonyl (C=O) groups excluding carboxylic acids is 1. The summed E-state index contributed by atoms with van der Waals surface area (Å²) in [6.45, 7) is 0. The van der Waals surface area contributed by atoms with Crippen LogP contribution in [0.4, 0.5) is 0 Å². The van der Waals surface area contributed by atoms with Crippen molar-refractivity contribution in [3.8, 4) is 0 Å². The predicted octanol–water partition coefficient (Wildman–Crippen LogP) is -1.29. The van der Waals surface area contributed by atoms with Gasteiger partial charge >= 0.3 is 21.2 Å². The van der Waals surface area contributed by atoms with Gasteiger partial charge in [-0.3, -0.25) is 13.9 Å². The predicted molar refractivity (Wildman–Crippen MR) is 45.1 cm³/mol. The van der Waals surface area contributed by atoms with Crippen LogP contribution >= 0.6 is 15.2 Å². The molecule has 0 saturated carbocycles. The highest BCUT2D eigenvalue weighted by Gasteiger charge is 2.61. The summed E-state index contributed by atoms with van der Waals surface area (Å²) < 4.78 is 21.5. The van der Waals surface area contributed by atoms with Crippen LogP contribution in [0.3, 0.4) is 0 Å². The molecule has 0 fully saturated rings. The first-order chi connectivity index (χ1) is 6.48. The summed E-state index contributed by atoms with van der Waals surface area (Å²) in [5.41, 5.74) is 0. The maximum Gasteiger partial charge on any atom is 0.351 e. The van der Waals surface area contributed by atoms with Crippen molar-refractivity contribution in [2.24, 2.45) is 0 Å². The number of carbonyl (C=O) groups is 2. The number of rotatable bonds is 5. The van der Waals surface area contributed by atoms with E-state index in [2.05, 4.69) is 0 Å². The van der Waals surface area contributed by atoms with Gasteiger partial charge in [0.05, 0.1) is 6.42 Å². The molecule has 0 amide bonds. The topological polar surface area (TPSA) is 169 Å². The average molecular weight is 262 g/mol. The highest BCUT2D eigenvalue weighted by Crippen LogP contribution is 2.69. The maximum absolute atomic E-state index is 10.8. The molecule has 0 aliphatic rings. The van der Waals surface area contributed by atoms with Crippen molar-refractivity contribution in [3.05, 3.63) is 0 Å². The van der Waals surface area contributed by atoms with Crippen molar-refractivity contribution >= 4 is 27.4 Å². The minimum absolute atomic E-state index is 0.706. The van der Waals surface area contributed by atoms with Gasteiger partial charge < -0.3 is 29.5 Å². The molecule has 0 heterocycles. The quantitative estimate of drug-likeness (QED) is 0.298. The highest BCUT2D eigenvalue weighted by atomic mass is 31.2. The second-order valence-electron chi connectivity index (χ2n) is 2.65. The molecule has 0 rings (SSSR count). The Labute approximate surface area is 83.1 Å². The zero-order valence-corrected chi connectivity index (χ0v) is 8.84. The van der Waals surface area contributed by atoms with Crippen LogP contribution in [0.15, 0.2) is 0 Å². The molecule has 0 aromatic carbocycles. The summed E-state index contributed by atoms with van der Waals surface area (Å²) in [5, 5.41) is 8.26. The van der Waals surface area contributed by atoms with Crippen LogP contribution < -0.4 is 0 Å². The number of hydrogen-bond acceptors (Lipinski definition) is 4. The molecule has 0 aliphatic heterocycles. The maximum atomic E-state index is 10.8. The Balaban J connectivity index is 5.75. The molecule has 0 bridgehead atoms. The molecule has 0 aliphatic carbocycles. The Morgan fingerprint density at radius 3 is 1.53 bits per heavy atom. The van der Waals surface area contributed by atoms with Crippen molar-refractivity contribution in [3.63, 3.8) is 0 Å². The summed E-state index contributed by atoms with van der Waals surface area (Å²) in [7, 11) is -11.2. The van der Waals surface area contributed by atoms with E-state index in [1.807, 2.05) is 0 Å². The van der Waals surface area contributed by atoms with Crippen LogP contribution in [-0.4, -0.2) is 41.8 Å². The first-order valence-electron chi connectivity index (χ1n) is 3.27. The van der Waals surface area contributed by atoms with E-state index >= 15 is 0 Å². The molecule has 0 spiro atoms. The van der Waals surface area contributed by atoms with Gasteiger partial charge in [0, 0.05) is 0 Å². The average Bonchev–Trinajstić information content (AvgIpc) is 1.94. The Morgan fingerprint density at radius 2 is 1.47 bits per heavy atom. The molecule has 11 heteroatoms. The van der Waals surface area contributed by atoms with Gasteiger partial charge in [0.1, 0.15) is 0 Å². The normalized spacial score (nSPS) is 13.6. The van der Waals surface area contributed by atoms with Gasteiger partial charge in [0.25, 0.3) is 0 Å². The first kappa shape index (κ1) is 14.4. The van der Waals surface area contributed by atoms with Gasteiger partial charge in [-0.25, -0.2) is 0 Å². The molecular formula is C4H8O9P2. The van der Waals surface area contributed by atoms with Crippen LogP contribution in [0, 0.1) is 0 Å². The molecule has 0 aromatic heterocycles. The summed E-state index contributed by atoms with van der Waals surface area (Å²) >= 11 is 0. The van der Waals surface area contributed by atoms with E-state index in [9.17, 15) is 18.7 Å². The monoisotopic (exact) mass is 262 g/mol. The van der Waals surface area contributed by atoms with E-state index in [0.717, 1.165) is 0 Å². The number of hydrogen-bond donors (Lipinski definition) is 5. The third kappa shape index (κ3) is 2.72. The van der Waals surface area contributed by atoms with Gasteiger partial charge in [-0.2, -0.15) is 0 Å². The van der Waals surface area contributed by atoms with Gasteiger partial charge in [-0.1, -0.05) is 0 Å². The number of aldehydes is 1. The van der Waals surface area contributed by atoms with Gasteiger partial charge in [-0.15, -0.1) is 0 Å². The van der Waals surface area contributed by atoms with Crippen LogP contribution in [0.25, 0.3) is 0 Å². The molecule has 0 atom stereocenters. The molecule has 0 radical (unpaired) electrons. The van der Waals surface area contributed by atoms with E-state index in [4.69, 9.17) is 24.7 Å². The highest BCUT2D eigenvalue weighted by molar-refractivity contribution is 7.74. The number of carboxylic acid groups (broad SMARTS) is 1. The fourth-order valence-electron chi connectivity index (χ4n) is 0.777. The second kappa shape index (κ2) is 4.13. The molecule has 0 aromatic rings. The SMILES string of the molecule is O=CC(CC(=O)O)(P(=O)(O)O)P(=O)(O)O. The van der Waals surface area contributed by atoms with Crippen LogP contribution in [-0.2, 0) is 18.7 Å². The Kier molecular flexibility index (Phi) is 3.98. The number of aliphatic carboxylic acids is 1. The van der Waals surface area contributed by atoms with Crippen molar-refractivity contribution < 1.29 is 43.4 Å².